The Morgan fingerprint density at radius 1 is 1.00 bits per heavy atom. The van der Waals surface area contributed by atoms with E-state index in [0.29, 0.717) is 34.3 Å². The highest BCUT2D eigenvalue weighted by atomic mass is 32.2. The van der Waals surface area contributed by atoms with Gasteiger partial charge >= 0.3 is 5.97 Å². The number of carbonyl (C=O) groups is 1. The number of rotatable bonds is 12. The summed E-state index contributed by atoms with van der Waals surface area (Å²) >= 11 is 0. The summed E-state index contributed by atoms with van der Waals surface area (Å²) in [5.74, 6) is 0.316. The molecule has 0 spiro atoms. The normalized spacial score (nSPS) is 12.4. The molecule has 1 aromatic heterocycles. The molecular weight excluding hydrogens is 516 g/mol. The van der Waals surface area contributed by atoms with Gasteiger partial charge in [-0.2, -0.15) is 4.31 Å². The number of nitrogens with zero attached hydrogens (tertiary/aromatic N) is 2. The first-order valence-corrected chi connectivity index (χ1v) is 13.1. The maximum atomic E-state index is 13.7. The molecule has 0 saturated heterocycles. The molecule has 1 atom stereocenters. The minimum atomic E-state index is -4.26. The van der Waals surface area contributed by atoms with Crippen molar-refractivity contribution in [3.05, 3.63) is 47.9 Å². The van der Waals surface area contributed by atoms with E-state index in [-0.39, 0.29) is 23.0 Å². The Balaban J connectivity index is 2.10. The number of aromatic nitrogens is 1. The molecule has 0 aliphatic rings. The fourth-order valence-electron chi connectivity index (χ4n) is 4.01. The summed E-state index contributed by atoms with van der Waals surface area (Å²) in [5.41, 5.74) is 0.759. The van der Waals surface area contributed by atoms with E-state index in [4.69, 9.17) is 23.4 Å². The van der Waals surface area contributed by atoms with Crippen LogP contribution in [-0.4, -0.2) is 63.3 Å². The first-order valence-electron chi connectivity index (χ1n) is 11.6. The summed E-state index contributed by atoms with van der Waals surface area (Å²) < 4.78 is 55.5. The lowest BCUT2D eigenvalue weighted by molar-refractivity contribution is -0.143. The average Bonchev–Trinajstić information content (AvgIpc) is 3.26. The van der Waals surface area contributed by atoms with Crippen LogP contribution in [0.1, 0.15) is 25.3 Å². The fourth-order valence-corrected chi connectivity index (χ4v) is 5.68. The molecule has 0 bridgehead atoms. The number of aliphatic carboxylic acids is 1. The van der Waals surface area contributed by atoms with Crippen molar-refractivity contribution in [1.82, 2.24) is 9.29 Å². The van der Waals surface area contributed by atoms with Gasteiger partial charge in [-0.3, -0.25) is 4.79 Å². The van der Waals surface area contributed by atoms with Gasteiger partial charge in [0, 0.05) is 5.56 Å². The third-order valence-electron chi connectivity index (χ3n) is 5.97. The standard InChI is InChI=1S/C26H32N2O9S/c1-15(2)23(26(29)30)28(38(31,32)19-10-8-18(33-4)9-11-19)14-20-16(3)37-25(27-20)17-12-21(34-5)24(36-7)22(13-17)35-6/h8-13,15,23H,14H2,1-7H3,(H,29,30)/t23-/m1/s1. The van der Waals surface area contributed by atoms with Crippen LogP contribution in [0.5, 0.6) is 23.0 Å². The number of hydrogen-bond acceptors (Lipinski definition) is 9. The van der Waals surface area contributed by atoms with Crippen LogP contribution in [0, 0.1) is 12.8 Å². The minimum Gasteiger partial charge on any atom is -0.497 e. The summed E-state index contributed by atoms with van der Waals surface area (Å²) in [5, 5.41) is 9.99. The van der Waals surface area contributed by atoms with Gasteiger partial charge in [-0.05, 0) is 49.2 Å². The molecule has 38 heavy (non-hydrogen) atoms. The molecule has 0 unspecified atom stereocenters. The van der Waals surface area contributed by atoms with Gasteiger partial charge in [-0.25, -0.2) is 13.4 Å². The summed E-state index contributed by atoms with van der Waals surface area (Å²) in [7, 11) is 1.65. The van der Waals surface area contributed by atoms with Crippen molar-refractivity contribution in [1.29, 1.82) is 0 Å². The van der Waals surface area contributed by atoms with Crippen LogP contribution in [0.3, 0.4) is 0 Å². The number of ether oxygens (including phenoxy) is 4. The van der Waals surface area contributed by atoms with Crippen LogP contribution in [-0.2, 0) is 21.4 Å². The van der Waals surface area contributed by atoms with Gasteiger partial charge in [0.2, 0.25) is 21.7 Å². The zero-order chi connectivity index (χ0) is 28.2. The molecule has 0 saturated carbocycles. The Morgan fingerprint density at radius 2 is 1.58 bits per heavy atom. The third-order valence-corrected chi connectivity index (χ3v) is 7.81. The van der Waals surface area contributed by atoms with Gasteiger partial charge in [0.15, 0.2) is 11.5 Å². The number of methoxy groups -OCH3 is 4. The van der Waals surface area contributed by atoms with E-state index in [2.05, 4.69) is 4.98 Å². The third kappa shape index (κ3) is 5.70. The van der Waals surface area contributed by atoms with Crippen LogP contribution in [0.4, 0.5) is 0 Å². The highest BCUT2D eigenvalue weighted by Crippen LogP contribution is 2.41. The quantitative estimate of drug-likeness (QED) is 0.354. The topological polar surface area (TPSA) is 138 Å². The second-order valence-corrected chi connectivity index (χ2v) is 10.6. The minimum absolute atomic E-state index is 0.0730. The molecule has 1 N–H and O–H groups in total. The van der Waals surface area contributed by atoms with E-state index in [1.807, 2.05) is 0 Å². The monoisotopic (exact) mass is 548 g/mol. The number of hydrogen-bond donors (Lipinski definition) is 1. The molecule has 206 valence electrons. The Kier molecular flexibility index (Phi) is 8.89. The molecule has 0 radical (unpaired) electrons. The number of oxazole rings is 1. The molecule has 0 amide bonds. The Morgan fingerprint density at radius 3 is 2.03 bits per heavy atom. The van der Waals surface area contributed by atoms with E-state index in [1.54, 1.807) is 32.9 Å². The second-order valence-electron chi connectivity index (χ2n) is 8.69. The lowest BCUT2D eigenvalue weighted by Gasteiger charge is -2.30. The van der Waals surface area contributed by atoms with Gasteiger partial charge in [0.05, 0.1) is 45.6 Å². The predicted molar refractivity (Wildman–Crippen MR) is 138 cm³/mol. The van der Waals surface area contributed by atoms with Crippen LogP contribution in [0.15, 0.2) is 45.7 Å². The van der Waals surface area contributed by atoms with Crippen LogP contribution in [0.25, 0.3) is 11.5 Å². The van der Waals surface area contributed by atoms with Crippen LogP contribution >= 0.6 is 0 Å². The smallest absolute Gasteiger partial charge is 0.322 e. The number of carboxylic acid groups (broad SMARTS) is 1. The Labute approximate surface area is 222 Å². The summed E-state index contributed by atoms with van der Waals surface area (Å²) in [6.45, 7) is 4.59. The highest BCUT2D eigenvalue weighted by Gasteiger charge is 2.39. The molecule has 3 rings (SSSR count). The summed E-state index contributed by atoms with van der Waals surface area (Å²) in [6.07, 6.45) is 0. The maximum absolute atomic E-state index is 13.7. The SMILES string of the molecule is COc1ccc(S(=O)(=O)N(Cc2nc(-c3cc(OC)c(OC)c(OC)c3)oc2C)[C@@H](C(=O)O)C(C)C)cc1. The van der Waals surface area contributed by atoms with E-state index in [0.717, 1.165) is 4.31 Å². The van der Waals surface area contributed by atoms with Gasteiger partial charge in [-0.1, -0.05) is 13.8 Å². The van der Waals surface area contributed by atoms with E-state index in [1.165, 1.54) is 52.7 Å². The summed E-state index contributed by atoms with van der Waals surface area (Å²) in [4.78, 5) is 16.7. The summed E-state index contributed by atoms with van der Waals surface area (Å²) in [6, 6.07) is 7.69. The van der Waals surface area contributed by atoms with Gasteiger partial charge in [0.25, 0.3) is 0 Å². The van der Waals surface area contributed by atoms with Gasteiger partial charge in [-0.15, -0.1) is 0 Å². The maximum Gasteiger partial charge on any atom is 0.322 e. The molecule has 0 fully saturated rings. The van der Waals surface area contributed by atoms with Crippen molar-refractivity contribution in [2.45, 2.75) is 38.3 Å². The highest BCUT2D eigenvalue weighted by molar-refractivity contribution is 7.89. The number of aryl methyl sites for hydroxylation is 1. The Hall–Kier alpha value is -3.77. The Bertz CT molecular complexity index is 1360. The average molecular weight is 549 g/mol. The van der Waals surface area contributed by atoms with Crippen LogP contribution in [0.2, 0.25) is 0 Å². The molecule has 3 aromatic rings. The van der Waals surface area contributed by atoms with E-state index >= 15 is 0 Å². The van der Waals surface area contributed by atoms with Crippen molar-refractivity contribution >= 4 is 16.0 Å². The van der Waals surface area contributed by atoms with E-state index in [9.17, 15) is 18.3 Å². The van der Waals surface area contributed by atoms with Crippen molar-refractivity contribution in [2.75, 3.05) is 28.4 Å². The van der Waals surface area contributed by atoms with Gasteiger partial charge < -0.3 is 28.5 Å². The van der Waals surface area contributed by atoms with Crippen LogP contribution < -0.4 is 18.9 Å². The van der Waals surface area contributed by atoms with Crippen molar-refractivity contribution in [2.24, 2.45) is 5.92 Å². The first-order chi connectivity index (χ1) is 18.0. The fraction of sp³-hybridized carbons (Fsp3) is 0.385. The predicted octanol–water partition coefficient (Wildman–Crippen LogP) is 3.98. The molecule has 0 aliphatic carbocycles. The van der Waals surface area contributed by atoms with Crippen molar-refractivity contribution in [3.63, 3.8) is 0 Å². The van der Waals surface area contributed by atoms with Crippen molar-refractivity contribution in [3.8, 4) is 34.5 Å². The first kappa shape index (κ1) is 28.8. The molecule has 12 heteroatoms. The van der Waals surface area contributed by atoms with Crippen molar-refractivity contribution < 1.29 is 41.7 Å². The molecule has 2 aromatic carbocycles. The second kappa shape index (κ2) is 11.7. The molecule has 11 nitrogen and oxygen atoms in total. The number of sulfonamides is 1. The molecular formula is C26H32N2O9S. The van der Waals surface area contributed by atoms with Gasteiger partial charge in [0.1, 0.15) is 17.6 Å². The van der Waals surface area contributed by atoms with E-state index < -0.39 is 28.0 Å². The lowest BCUT2D eigenvalue weighted by Crippen LogP contribution is -2.47. The largest absolute Gasteiger partial charge is 0.497 e. The molecule has 0 aliphatic heterocycles. The lowest BCUT2D eigenvalue weighted by atomic mass is 10.0. The zero-order valence-electron chi connectivity index (χ0n) is 22.3. The number of benzene rings is 2. The number of carboxylic acids is 1. The molecule has 1 heterocycles. The zero-order valence-corrected chi connectivity index (χ0v) is 23.2.